The van der Waals surface area contributed by atoms with E-state index in [1.54, 1.807) is 13.8 Å². The van der Waals surface area contributed by atoms with Crippen molar-refractivity contribution in [2.45, 2.75) is 83.0 Å². The predicted octanol–water partition coefficient (Wildman–Crippen LogP) is -2.23. The molecule has 0 aliphatic heterocycles. The number of nitrogens with one attached hydrogen (secondary N) is 3. The number of carboxylic acids is 2. The molecule has 0 fully saturated rings. The van der Waals surface area contributed by atoms with Gasteiger partial charge in [-0.3, -0.25) is 24.0 Å². The number of nitrogens with two attached hydrogens (primary N) is 3. The molecule has 0 aromatic rings. The summed E-state index contributed by atoms with van der Waals surface area (Å²) in [6.45, 7) is 3.92. The highest BCUT2D eigenvalue weighted by Gasteiger charge is 2.31. The third kappa shape index (κ3) is 13.9. The van der Waals surface area contributed by atoms with Crippen molar-refractivity contribution >= 4 is 35.6 Å². The fourth-order valence-electron chi connectivity index (χ4n) is 3.10. The Balaban J connectivity index is 5.51. The third-order valence-corrected chi connectivity index (χ3v) is 4.95. The van der Waals surface area contributed by atoms with Crippen LogP contribution in [0.4, 0.5) is 0 Å². The highest BCUT2D eigenvalue weighted by Crippen LogP contribution is 2.08. The number of rotatable bonds is 18. The zero-order valence-electron chi connectivity index (χ0n) is 20.1. The topological polar surface area (TPSA) is 257 Å². The van der Waals surface area contributed by atoms with Gasteiger partial charge in [0, 0.05) is 6.42 Å². The lowest BCUT2D eigenvalue weighted by molar-refractivity contribution is -0.143. The average Bonchev–Trinajstić information content (AvgIpc) is 2.74. The Bertz CT molecular complexity index is 760. The van der Waals surface area contributed by atoms with Crippen LogP contribution in [-0.4, -0.2) is 76.5 Å². The van der Waals surface area contributed by atoms with E-state index in [1.165, 1.54) is 0 Å². The first-order chi connectivity index (χ1) is 16.3. The van der Waals surface area contributed by atoms with E-state index in [-0.39, 0.29) is 31.6 Å². The van der Waals surface area contributed by atoms with Gasteiger partial charge in [-0.15, -0.1) is 0 Å². The van der Waals surface area contributed by atoms with Crippen LogP contribution in [0.1, 0.15) is 58.8 Å². The van der Waals surface area contributed by atoms with E-state index in [4.69, 9.17) is 22.3 Å². The monoisotopic (exact) mass is 502 g/mol. The van der Waals surface area contributed by atoms with Gasteiger partial charge in [-0.1, -0.05) is 13.8 Å². The summed E-state index contributed by atoms with van der Waals surface area (Å²) in [5.74, 6) is -5.87. The van der Waals surface area contributed by atoms with E-state index in [9.17, 15) is 33.9 Å². The van der Waals surface area contributed by atoms with Gasteiger partial charge in [-0.2, -0.15) is 0 Å². The molecule has 14 nitrogen and oxygen atoms in total. The van der Waals surface area contributed by atoms with E-state index in [1.807, 2.05) is 0 Å². The Labute approximate surface area is 203 Å². The number of amides is 4. The smallest absolute Gasteiger partial charge is 0.326 e. The van der Waals surface area contributed by atoms with Gasteiger partial charge in [0.25, 0.3) is 0 Å². The van der Waals surface area contributed by atoms with Gasteiger partial charge in [0.1, 0.15) is 18.1 Å². The molecule has 4 unspecified atom stereocenters. The molecule has 0 spiro atoms. The highest BCUT2D eigenvalue weighted by atomic mass is 16.4. The number of primary amides is 1. The van der Waals surface area contributed by atoms with E-state index in [0.29, 0.717) is 19.4 Å². The maximum Gasteiger partial charge on any atom is 0.326 e. The number of unbranched alkanes of at least 4 members (excludes halogenated alkanes) is 1. The summed E-state index contributed by atoms with van der Waals surface area (Å²) in [5.41, 5.74) is 16.3. The average molecular weight is 503 g/mol. The molecule has 0 aromatic carbocycles. The molecular weight excluding hydrogens is 464 g/mol. The van der Waals surface area contributed by atoms with Gasteiger partial charge in [0.15, 0.2) is 0 Å². The lowest BCUT2D eigenvalue weighted by Crippen LogP contribution is -2.57. The molecule has 0 radical (unpaired) electrons. The molecule has 0 heterocycles. The van der Waals surface area contributed by atoms with Gasteiger partial charge in [0.05, 0.1) is 12.5 Å². The Hall–Kier alpha value is -3.26. The molecule has 0 aliphatic rings. The zero-order valence-corrected chi connectivity index (χ0v) is 20.1. The number of carbonyl (C=O) groups is 6. The SMILES string of the molecule is CC(C)CC(NC(=O)C(CCCCN)NC(=O)C(CC(N)=O)NC(=O)C(N)CCC(=O)O)C(=O)O. The molecule has 11 N–H and O–H groups in total. The fourth-order valence-corrected chi connectivity index (χ4v) is 3.10. The van der Waals surface area contributed by atoms with Crippen molar-refractivity contribution in [2.24, 2.45) is 23.1 Å². The van der Waals surface area contributed by atoms with Crippen molar-refractivity contribution in [1.29, 1.82) is 0 Å². The largest absolute Gasteiger partial charge is 0.481 e. The van der Waals surface area contributed by atoms with Crippen LogP contribution in [0.15, 0.2) is 0 Å². The highest BCUT2D eigenvalue weighted by molar-refractivity contribution is 5.96. The number of carbonyl (C=O) groups excluding carboxylic acids is 4. The molecule has 0 aliphatic carbocycles. The maximum atomic E-state index is 12.9. The van der Waals surface area contributed by atoms with Crippen LogP contribution in [0.3, 0.4) is 0 Å². The quantitative estimate of drug-likeness (QED) is 0.0935. The molecule has 0 rings (SSSR count). The summed E-state index contributed by atoms with van der Waals surface area (Å²) >= 11 is 0. The van der Waals surface area contributed by atoms with Gasteiger partial charge in [0.2, 0.25) is 23.6 Å². The Kier molecular flexibility index (Phi) is 14.9. The van der Waals surface area contributed by atoms with Crippen LogP contribution < -0.4 is 33.2 Å². The Morgan fingerprint density at radius 3 is 1.83 bits per heavy atom. The minimum Gasteiger partial charge on any atom is -0.481 e. The molecule has 200 valence electrons. The number of hydrogen-bond acceptors (Lipinski definition) is 8. The van der Waals surface area contributed by atoms with Crippen LogP contribution in [0, 0.1) is 5.92 Å². The van der Waals surface area contributed by atoms with Crippen LogP contribution in [0.2, 0.25) is 0 Å². The van der Waals surface area contributed by atoms with Crippen molar-refractivity contribution in [3.63, 3.8) is 0 Å². The van der Waals surface area contributed by atoms with Gasteiger partial charge < -0.3 is 43.4 Å². The molecule has 4 amide bonds. The second-order valence-electron chi connectivity index (χ2n) is 8.65. The van der Waals surface area contributed by atoms with Crippen molar-refractivity contribution in [3.8, 4) is 0 Å². The summed E-state index contributed by atoms with van der Waals surface area (Å²) in [5, 5.41) is 25.2. The first-order valence-corrected chi connectivity index (χ1v) is 11.4. The molecule has 0 saturated heterocycles. The summed E-state index contributed by atoms with van der Waals surface area (Å²) in [4.78, 5) is 71.6. The minimum absolute atomic E-state index is 0.0258. The van der Waals surface area contributed by atoms with E-state index in [0.717, 1.165) is 0 Å². The normalized spacial score (nSPS) is 14.3. The van der Waals surface area contributed by atoms with Crippen molar-refractivity contribution < 1.29 is 39.0 Å². The standard InChI is InChI=1S/C21H38N6O8/c1-11(2)9-15(21(34)35)27-19(32)13(5-3-4-8-22)25-20(33)14(10-16(24)28)26-18(31)12(23)6-7-17(29)30/h11-15H,3-10,22-23H2,1-2H3,(H2,24,28)(H,25,33)(H,26,31)(H,27,32)(H,29,30)(H,34,35). The lowest BCUT2D eigenvalue weighted by Gasteiger charge is -2.25. The van der Waals surface area contributed by atoms with E-state index >= 15 is 0 Å². The summed E-state index contributed by atoms with van der Waals surface area (Å²) in [6.07, 6.45) is 0.0642. The van der Waals surface area contributed by atoms with Crippen LogP contribution >= 0.6 is 0 Å². The number of carboxylic acid groups (broad SMARTS) is 2. The molecule has 14 heteroatoms. The lowest BCUT2D eigenvalue weighted by atomic mass is 10.0. The first-order valence-electron chi connectivity index (χ1n) is 11.4. The second kappa shape index (κ2) is 16.4. The summed E-state index contributed by atoms with van der Waals surface area (Å²) < 4.78 is 0. The predicted molar refractivity (Wildman–Crippen MR) is 124 cm³/mol. The molecule has 0 saturated carbocycles. The number of aliphatic carboxylic acids is 2. The Morgan fingerprint density at radius 1 is 0.800 bits per heavy atom. The Morgan fingerprint density at radius 2 is 1.34 bits per heavy atom. The first kappa shape index (κ1) is 31.7. The van der Waals surface area contributed by atoms with Crippen LogP contribution in [0.5, 0.6) is 0 Å². The third-order valence-electron chi connectivity index (χ3n) is 4.95. The second-order valence-corrected chi connectivity index (χ2v) is 8.65. The maximum absolute atomic E-state index is 12.9. The minimum atomic E-state index is -1.48. The molecular formula is C21H38N6O8. The van der Waals surface area contributed by atoms with Crippen molar-refractivity contribution in [1.82, 2.24) is 16.0 Å². The molecule has 0 bridgehead atoms. The van der Waals surface area contributed by atoms with Crippen LogP contribution in [-0.2, 0) is 28.8 Å². The van der Waals surface area contributed by atoms with Gasteiger partial charge in [-0.25, -0.2) is 4.79 Å². The van der Waals surface area contributed by atoms with Crippen molar-refractivity contribution in [3.05, 3.63) is 0 Å². The molecule has 0 aromatic heterocycles. The molecule has 4 atom stereocenters. The number of hydrogen-bond donors (Lipinski definition) is 8. The van der Waals surface area contributed by atoms with Gasteiger partial charge in [-0.05, 0) is 44.6 Å². The fraction of sp³-hybridized carbons (Fsp3) is 0.714. The summed E-state index contributed by atoms with van der Waals surface area (Å²) in [6, 6.07) is -5.09. The van der Waals surface area contributed by atoms with Crippen LogP contribution in [0.25, 0.3) is 0 Å². The van der Waals surface area contributed by atoms with E-state index < -0.39 is 66.2 Å². The van der Waals surface area contributed by atoms with Gasteiger partial charge >= 0.3 is 11.9 Å². The zero-order chi connectivity index (χ0) is 27.1. The van der Waals surface area contributed by atoms with Crippen molar-refractivity contribution in [2.75, 3.05) is 6.54 Å². The summed E-state index contributed by atoms with van der Waals surface area (Å²) in [7, 11) is 0. The molecule has 35 heavy (non-hydrogen) atoms. The van der Waals surface area contributed by atoms with E-state index in [2.05, 4.69) is 16.0 Å².